The normalized spacial score (nSPS) is 14.9. The number of aryl methyl sites for hydroxylation is 1. The van der Waals surface area contributed by atoms with E-state index in [1.165, 1.54) is 9.80 Å². The molecule has 5 rings (SSSR count). The van der Waals surface area contributed by atoms with Crippen molar-refractivity contribution >= 4 is 46.2 Å². The largest absolute Gasteiger partial charge is 1.00 e. The van der Waals surface area contributed by atoms with Crippen molar-refractivity contribution < 1.29 is 65.9 Å². The Morgan fingerprint density at radius 2 is 1.43 bits per heavy atom. The summed E-state index contributed by atoms with van der Waals surface area (Å²) in [6.45, 7) is -0.635. The van der Waals surface area contributed by atoms with Crippen LogP contribution in [0.15, 0.2) is 83.0 Å². The average molecular weight is 793 g/mol. The van der Waals surface area contributed by atoms with E-state index in [4.69, 9.17) is 13.9 Å². The van der Waals surface area contributed by atoms with Crippen LogP contribution in [0.4, 0.5) is 11.4 Å². The Balaban J connectivity index is 0.00000696. The predicted molar refractivity (Wildman–Crippen MR) is 205 cm³/mol. The van der Waals surface area contributed by atoms with Crippen molar-refractivity contribution in [3.8, 4) is 17.1 Å². The van der Waals surface area contributed by atoms with Gasteiger partial charge in [-0.1, -0.05) is 18.2 Å². The number of halogens is 1. The first-order valence-corrected chi connectivity index (χ1v) is 17.4. The van der Waals surface area contributed by atoms with Gasteiger partial charge in [-0.25, -0.2) is 4.58 Å². The molecule has 0 spiro atoms. The second-order valence-corrected chi connectivity index (χ2v) is 13.6. The van der Waals surface area contributed by atoms with Crippen molar-refractivity contribution in [3.63, 3.8) is 0 Å². The number of benzene rings is 3. The molecule has 2 atom stereocenters. The number of fused-ring (bicyclic) bond motifs is 2. The van der Waals surface area contributed by atoms with Gasteiger partial charge in [-0.2, -0.15) is 0 Å². The van der Waals surface area contributed by atoms with Crippen LogP contribution in [0.2, 0.25) is 0 Å². The number of allylic oxidation sites excluding steroid dienone is 2. The molecule has 2 aromatic rings. The fourth-order valence-corrected chi connectivity index (χ4v) is 6.54. The Morgan fingerprint density at radius 1 is 0.786 bits per heavy atom. The number of hydrogen-bond acceptors (Lipinski definition) is 10. The van der Waals surface area contributed by atoms with Crippen LogP contribution in [0.25, 0.3) is 22.3 Å². The number of anilines is 2. The zero-order chi connectivity index (χ0) is 40.0. The van der Waals surface area contributed by atoms with E-state index >= 15 is 0 Å². The zero-order valence-corrected chi connectivity index (χ0v) is 32.4. The van der Waals surface area contributed by atoms with Gasteiger partial charge in [0, 0.05) is 48.8 Å². The van der Waals surface area contributed by atoms with Crippen LogP contribution in [-0.2, 0) is 23.9 Å². The second kappa shape index (κ2) is 18.5. The fraction of sp³-hybridized carbons (Fsp3) is 0.325. The van der Waals surface area contributed by atoms with Gasteiger partial charge in [0.1, 0.15) is 63.3 Å². The van der Waals surface area contributed by atoms with Crippen LogP contribution in [0.5, 0.6) is 5.75 Å². The topological polar surface area (TPSA) is 194 Å². The summed E-state index contributed by atoms with van der Waals surface area (Å²) < 4.78 is 20.8. The number of ether oxygens (including phenoxy) is 2. The van der Waals surface area contributed by atoms with E-state index in [0.29, 0.717) is 17.1 Å². The third-order valence-electron chi connectivity index (χ3n) is 9.02. The Hall–Kier alpha value is -6.06. The maximum atomic E-state index is 11.9. The number of carboxylic acid groups (broad SMARTS) is 4. The summed E-state index contributed by atoms with van der Waals surface area (Å²) in [4.78, 5) is 51.4. The van der Waals surface area contributed by atoms with Gasteiger partial charge in [0.25, 0.3) is 0 Å². The number of nitrogens with zero attached hydrogens (tertiary/aromatic N) is 4. The van der Waals surface area contributed by atoms with Gasteiger partial charge < -0.3 is 56.5 Å². The van der Waals surface area contributed by atoms with E-state index in [0.717, 1.165) is 33.1 Å². The number of carbonyl (C=O) groups is 4. The molecule has 16 heteroatoms. The Kier molecular flexibility index (Phi) is 14.1. The molecule has 2 aromatic carbocycles. The Bertz CT molecular complexity index is 2180. The minimum absolute atomic E-state index is 0. The van der Waals surface area contributed by atoms with E-state index in [9.17, 15) is 39.6 Å². The van der Waals surface area contributed by atoms with E-state index in [1.807, 2.05) is 93.1 Å². The molecule has 2 aliphatic carbocycles. The average Bonchev–Trinajstić information content (AvgIpc) is 3.10. The highest BCUT2D eigenvalue weighted by atomic mass is 35.5. The molecule has 298 valence electrons. The van der Waals surface area contributed by atoms with Gasteiger partial charge >= 0.3 is 23.9 Å². The number of carboxylic acids is 4. The van der Waals surface area contributed by atoms with Crippen molar-refractivity contribution in [1.82, 2.24) is 9.48 Å². The first-order chi connectivity index (χ1) is 26.1. The Morgan fingerprint density at radius 3 is 2.04 bits per heavy atom. The molecular weight excluding hydrogens is 748 g/mol. The lowest BCUT2D eigenvalue weighted by Crippen LogP contribution is -3.00. The summed E-state index contributed by atoms with van der Waals surface area (Å²) in [6.07, 6.45) is 5.48. The molecule has 1 heterocycles. The van der Waals surface area contributed by atoms with Gasteiger partial charge in [0.05, 0.1) is 30.9 Å². The standard InChI is InChI=1S/C40H44N4O11.ClH/c1-24-6-12-30(43(20-36(45)46)21-37(47)48)34(16-24)53-14-15-54-35-17-25(7-13-31(35)44(22-38(49)50)23-39(51)52)40-28-10-8-26(41(2)3)18-32(28)55-33-19-27(42(4)5)9-11-29(33)40;/h6-13,16-19,25,31H,14-15,20-23H2,1-5H3,(H3-,45,46,47,48,49,50,51,52);1H. The van der Waals surface area contributed by atoms with E-state index in [-0.39, 0.29) is 37.1 Å². The van der Waals surface area contributed by atoms with E-state index < -0.39 is 62.0 Å². The lowest BCUT2D eigenvalue weighted by atomic mass is 9.85. The summed E-state index contributed by atoms with van der Waals surface area (Å²) >= 11 is 0. The molecule has 3 aliphatic rings. The van der Waals surface area contributed by atoms with Crippen molar-refractivity contribution in [2.24, 2.45) is 0 Å². The third-order valence-corrected chi connectivity index (χ3v) is 9.02. The molecule has 0 aromatic heterocycles. The minimum atomic E-state index is -1.22. The van der Waals surface area contributed by atoms with Gasteiger partial charge in [0.15, 0.2) is 0 Å². The van der Waals surface area contributed by atoms with Crippen LogP contribution < -0.4 is 36.9 Å². The zero-order valence-electron chi connectivity index (χ0n) is 31.6. The highest BCUT2D eigenvalue weighted by molar-refractivity contribution is 5.91. The van der Waals surface area contributed by atoms with E-state index in [1.54, 1.807) is 24.3 Å². The number of rotatable bonds is 17. The van der Waals surface area contributed by atoms with Crippen molar-refractivity contribution in [2.45, 2.75) is 18.9 Å². The molecule has 1 aliphatic heterocycles. The smallest absolute Gasteiger partial charge is 0.323 e. The summed E-state index contributed by atoms with van der Waals surface area (Å²) in [5, 5.41) is 40.1. The molecular formula is C40H45ClN4O11. The quantitative estimate of drug-likeness (QED) is 0.0497. The molecule has 2 unspecified atom stereocenters. The minimum Gasteiger partial charge on any atom is -1.00 e. The van der Waals surface area contributed by atoms with Crippen molar-refractivity contribution in [3.05, 3.63) is 95.1 Å². The van der Waals surface area contributed by atoms with Crippen LogP contribution in [0.3, 0.4) is 0 Å². The van der Waals surface area contributed by atoms with Crippen LogP contribution in [-0.4, -0.2) is 123 Å². The van der Waals surface area contributed by atoms with Gasteiger partial charge in [-0.15, -0.1) is 0 Å². The molecule has 0 radical (unpaired) electrons. The van der Waals surface area contributed by atoms with Crippen molar-refractivity contribution in [2.75, 3.05) is 77.4 Å². The summed E-state index contributed by atoms with van der Waals surface area (Å²) in [5.41, 5.74) is 4.39. The number of aliphatic carboxylic acids is 4. The summed E-state index contributed by atoms with van der Waals surface area (Å²) in [7, 11) is 7.76. The maximum absolute atomic E-state index is 11.9. The Labute approximate surface area is 329 Å². The number of hydrogen-bond donors (Lipinski definition) is 4. The summed E-state index contributed by atoms with van der Waals surface area (Å²) in [6, 6.07) is 16.0. The first-order valence-electron chi connectivity index (χ1n) is 17.4. The lowest BCUT2D eigenvalue weighted by molar-refractivity contribution is -0.143. The van der Waals surface area contributed by atoms with Crippen molar-refractivity contribution in [1.29, 1.82) is 0 Å². The molecule has 4 N–H and O–H groups in total. The maximum Gasteiger partial charge on any atom is 0.323 e. The molecule has 56 heavy (non-hydrogen) atoms. The monoisotopic (exact) mass is 792 g/mol. The summed E-state index contributed by atoms with van der Waals surface area (Å²) in [5.74, 6) is -4.08. The second-order valence-electron chi connectivity index (χ2n) is 13.6. The fourth-order valence-electron chi connectivity index (χ4n) is 6.54. The molecule has 0 saturated carbocycles. The highest BCUT2D eigenvalue weighted by Crippen LogP contribution is 2.42. The van der Waals surface area contributed by atoms with Gasteiger partial charge in [0.2, 0.25) is 5.36 Å². The highest BCUT2D eigenvalue weighted by Gasteiger charge is 2.31. The van der Waals surface area contributed by atoms with Gasteiger partial charge in [-0.3, -0.25) is 24.1 Å². The molecule has 0 bridgehead atoms. The lowest BCUT2D eigenvalue weighted by Gasteiger charge is -2.32. The first kappa shape index (κ1) is 42.7. The molecule has 0 fully saturated rings. The van der Waals surface area contributed by atoms with Crippen LogP contribution in [0.1, 0.15) is 17.0 Å². The van der Waals surface area contributed by atoms with Crippen LogP contribution in [0, 0.1) is 6.92 Å². The van der Waals surface area contributed by atoms with Gasteiger partial charge in [-0.05, 0) is 54.5 Å². The molecule has 15 nitrogen and oxygen atoms in total. The van der Waals surface area contributed by atoms with E-state index in [2.05, 4.69) is 0 Å². The third kappa shape index (κ3) is 10.4. The molecule has 0 amide bonds. The molecule has 0 saturated heterocycles. The SMILES string of the molecule is Cc1ccc(N(CC(=O)O)CC(=O)O)c(OCCOC2=CC(c3c4ccc(=[N+](C)C)cc-4oc4cc(N(C)C)ccc34)C=CC2N(CC(=O)O)CC(=O)O)c1.[Cl-]. The van der Waals surface area contributed by atoms with Crippen LogP contribution >= 0.6 is 0 Å². The predicted octanol–water partition coefficient (Wildman–Crippen LogP) is 0.396.